The van der Waals surface area contributed by atoms with E-state index in [1.807, 2.05) is 18.7 Å². The molecule has 2 N–H and O–H groups in total. The van der Waals surface area contributed by atoms with E-state index in [1.54, 1.807) is 26.0 Å². The molecule has 1 saturated heterocycles. The van der Waals surface area contributed by atoms with Crippen LogP contribution in [0.2, 0.25) is 0 Å². The maximum atomic E-state index is 12.0. The molecule has 0 aromatic carbocycles. The van der Waals surface area contributed by atoms with Crippen molar-refractivity contribution in [1.29, 1.82) is 0 Å². The van der Waals surface area contributed by atoms with E-state index in [4.69, 9.17) is 0 Å². The summed E-state index contributed by atoms with van der Waals surface area (Å²) in [6.45, 7) is 5.87. The van der Waals surface area contributed by atoms with Crippen molar-refractivity contribution in [2.24, 2.45) is 10.9 Å². The van der Waals surface area contributed by atoms with E-state index in [0.29, 0.717) is 25.5 Å². The number of carbonyl (C=O) groups excluding carboxylic acids is 2. The number of hydrogen-bond donors (Lipinski definition) is 2. The van der Waals surface area contributed by atoms with Gasteiger partial charge in [-0.2, -0.15) is 0 Å². The second kappa shape index (κ2) is 8.60. The van der Waals surface area contributed by atoms with Gasteiger partial charge in [-0.05, 0) is 6.42 Å². The summed E-state index contributed by atoms with van der Waals surface area (Å²) >= 11 is 0. The third kappa shape index (κ3) is 5.54. The molecule has 1 heterocycles. The molecule has 7 nitrogen and oxygen atoms in total. The fourth-order valence-corrected chi connectivity index (χ4v) is 2.34. The molecule has 22 heavy (non-hydrogen) atoms. The van der Waals surface area contributed by atoms with Gasteiger partial charge in [-0.25, -0.2) is 0 Å². The normalized spacial score (nSPS) is 18.5. The van der Waals surface area contributed by atoms with Gasteiger partial charge in [0.1, 0.15) is 0 Å². The van der Waals surface area contributed by atoms with Crippen LogP contribution < -0.4 is 10.6 Å². The van der Waals surface area contributed by atoms with Crippen LogP contribution in [0.3, 0.4) is 0 Å². The third-order valence-corrected chi connectivity index (χ3v) is 3.69. The van der Waals surface area contributed by atoms with E-state index in [2.05, 4.69) is 15.6 Å². The van der Waals surface area contributed by atoms with Gasteiger partial charge in [0.2, 0.25) is 11.8 Å². The largest absolute Gasteiger partial charge is 0.356 e. The van der Waals surface area contributed by atoms with Crippen LogP contribution in [-0.4, -0.2) is 74.4 Å². The predicted molar refractivity (Wildman–Crippen MR) is 87.6 cm³/mol. The zero-order chi connectivity index (χ0) is 16.7. The lowest BCUT2D eigenvalue weighted by molar-refractivity contribution is -0.133. The number of nitrogens with zero attached hydrogens (tertiary/aromatic N) is 3. The SMILES string of the molecule is CN=C(NCCC(=O)N(C)C)NC1CCN(C(=O)C(C)C)C1. The Labute approximate surface area is 133 Å². The minimum atomic E-state index is 0.0354. The van der Waals surface area contributed by atoms with Crippen LogP contribution in [0.4, 0.5) is 0 Å². The molecule has 1 unspecified atom stereocenters. The predicted octanol–water partition coefficient (Wildman–Crippen LogP) is -0.113. The molecule has 0 radical (unpaired) electrons. The molecule has 0 bridgehead atoms. The first-order chi connectivity index (χ1) is 10.3. The average molecular weight is 311 g/mol. The Hall–Kier alpha value is -1.79. The van der Waals surface area contributed by atoms with Crippen molar-refractivity contribution in [2.75, 3.05) is 40.8 Å². The van der Waals surface area contributed by atoms with Crippen LogP contribution in [0.5, 0.6) is 0 Å². The van der Waals surface area contributed by atoms with Gasteiger partial charge in [0.25, 0.3) is 0 Å². The highest BCUT2D eigenvalue weighted by Gasteiger charge is 2.27. The van der Waals surface area contributed by atoms with Gasteiger partial charge < -0.3 is 20.4 Å². The number of likely N-dealkylation sites (tertiary alicyclic amines) is 1. The Kier molecular flexibility index (Phi) is 7.14. The fraction of sp³-hybridized carbons (Fsp3) is 0.800. The molecular weight excluding hydrogens is 282 g/mol. The highest BCUT2D eigenvalue weighted by molar-refractivity contribution is 5.82. The number of hydrogen-bond acceptors (Lipinski definition) is 3. The molecule has 0 saturated carbocycles. The fourth-order valence-electron chi connectivity index (χ4n) is 2.34. The van der Waals surface area contributed by atoms with Crippen molar-refractivity contribution < 1.29 is 9.59 Å². The summed E-state index contributed by atoms with van der Waals surface area (Å²) in [5.41, 5.74) is 0. The van der Waals surface area contributed by atoms with Gasteiger partial charge in [-0.3, -0.25) is 14.6 Å². The van der Waals surface area contributed by atoms with Crippen molar-refractivity contribution in [3.05, 3.63) is 0 Å². The Morgan fingerprint density at radius 3 is 2.59 bits per heavy atom. The van der Waals surface area contributed by atoms with Crippen LogP contribution in [0.1, 0.15) is 26.7 Å². The Balaban J connectivity index is 2.36. The summed E-state index contributed by atoms with van der Waals surface area (Å²) in [4.78, 5) is 31.1. The maximum Gasteiger partial charge on any atom is 0.225 e. The molecule has 2 amide bonds. The molecule has 1 atom stereocenters. The van der Waals surface area contributed by atoms with Crippen LogP contribution >= 0.6 is 0 Å². The molecule has 0 aromatic heterocycles. The molecule has 1 aliphatic heterocycles. The van der Waals surface area contributed by atoms with Crippen molar-refractivity contribution in [2.45, 2.75) is 32.7 Å². The van der Waals surface area contributed by atoms with E-state index >= 15 is 0 Å². The molecule has 1 aliphatic rings. The second-order valence-electron chi connectivity index (χ2n) is 6.11. The summed E-state index contributed by atoms with van der Waals surface area (Å²) < 4.78 is 0. The zero-order valence-electron chi connectivity index (χ0n) is 14.3. The van der Waals surface area contributed by atoms with Gasteiger partial charge in [-0.15, -0.1) is 0 Å². The van der Waals surface area contributed by atoms with Crippen molar-refractivity contribution in [1.82, 2.24) is 20.4 Å². The average Bonchev–Trinajstić information content (AvgIpc) is 2.93. The second-order valence-corrected chi connectivity index (χ2v) is 6.11. The van der Waals surface area contributed by atoms with E-state index in [-0.39, 0.29) is 23.8 Å². The van der Waals surface area contributed by atoms with Gasteiger partial charge >= 0.3 is 0 Å². The van der Waals surface area contributed by atoms with Crippen LogP contribution in [0, 0.1) is 5.92 Å². The topological polar surface area (TPSA) is 77.0 Å². The monoisotopic (exact) mass is 311 g/mol. The lowest BCUT2D eigenvalue weighted by Gasteiger charge is -2.20. The first kappa shape index (κ1) is 18.3. The first-order valence-electron chi connectivity index (χ1n) is 7.81. The zero-order valence-corrected chi connectivity index (χ0v) is 14.3. The summed E-state index contributed by atoms with van der Waals surface area (Å²) in [6, 6.07) is 0.207. The molecular formula is C15H29N5O2. The molecule has 1 rings (SSSR count). The van der Waals surface area contributed by atoms with E-state index in [1.165, 1.54) is 0 Å². The minimum absolute atomic E-state index is 0.0354. The maximum absolute atomic E-state index is 12.0. The molecule has 0 aromatic rings. The number of guanidine groups is 1. The number of rotatable bonds is 5. The Morgan fingerprint density at radius 2 is 2.05 bits per heavy atom. The summed E-state index contributed by atoms with van der Waals surface area (Å²) in [5.74, 6) is 0.991. The minimum Gasteiger partial charge on any atom is -0.356 e. The summed E-state index contributed by atoms with van der Waals surface area (Å²) in [6.07, 6.45) is 1.34. The molecule has 0 aliphatic carbocycles. The molecule has 126 valence electrons. The standard InChI is InChI=1S/C15H29N5O2/c1-11(2)14(22)20-9-7-12(10-20)18-15(16-3)17-8-6-13(21)19(4)5/h11-12H,6-10H2,1-5H3,(H2,16,17,18). The van der Waals surface area contributed by atoms with E-state index < -0.39 is 0 Å². The quantitative estimate of drug-likeness (QED) is 0.548. The highest BCUT2D eigenvalue weighted by atomic mass is 16.2. The van der Waals surface area contributed by atoms with Crippen molar-refractivity contribution in [3.63, 3.8) is 0 Å². The van der Waals surface area contributed by atoms with Gasteiger partial charge in [-0.1, -0.05) is 13.8 Å². The molecule has 0 spiro atoms. The van der Waals surface area contributed by atoms with Crippen LogP contribution in [0.15, 0.2) is 4.99 Å². The lowest BCUT2D eigenvalue weighted by atomic mass is 10.2. The van der Waals surface area contributed by atoms with Crippen molar-refractivity contribution >= 4 is 17.8 Å². The van der Waals surface area contributed by atoms with Crippen LogP contribution in [-0.2, 0) is 9.59 Å². The van der Waals surface area contributed by atoms with E-state index in [0.717, 1.165) is 13.0 Å². The van der Waals surface area contributed by atoms with Crippen LogP contribution in [0.25, 0.3) is 0 Å². The van der Waals surface area contributed by atoms with Crippen molar-refractivity contribution in [3.8, 4) is 0 Å². The van der Waals surface area contributed by atoms with Gasteiger partial charge in [0.15, 0.2) is 5.96 Å². The lowest BCUT2D eigenvalue weighted by Crippen LogP contribution is -2.46. The van der Waals surface area contributed by atoms with E-state index in [9.17, 15) is 9.59 Å². The number of carbonyl (C=O) groups is 2. The number of nitrogens with one attached hydrogen (secondary N) is 2. The smallest absolute Gasteiger partial charge is 0.225 e. The first-order valence-corrected chi connectivity index (χ1v) is 7.81. The highest BCUT2D eigenvalue weighted by Crippen LogP contribution is 2.12. The van der Waals surface area contributed by atoms with Gasteiger partial charge in [0, 0.05) is 59.2 Å². The number of amides is 2. The summed E-state index contributed by atoms with van der Waals surface area (Å²) in [5, 5.41) is 6.45. The number of aliphatic imine (C=N–C) groups is 1. The third-order valence-electron chi connectivity index (χ3n) is 3.69. The molecule has 1 fully saturated rings. The Bertz CT molecular complexity index is 420. The Morgan fingerprint density at radius 1 is 1.36 bits per heavy atom. The van der Waals surface area contributed by atoms with Gasteiger partial charge in [0.05, 0.1) is 0 Å². The molecule has 7 heteroatoms. The summed E-state index contributed by atoms with van der Waals surface area (Å²) in [7, 11) is 5.19.